The van der Waals surface area contributed by atoms with Gasteiger partial charge in [-0.2, -0.15) is 4.31 Å². The molecule has 29 heavy (non-hydrogen) atoms. The van der Waals surface area contributed by atoms with Crippen LogP contribution in [0, 0.1) is 6.92 Å². The number of sulfonamides is 1. The summed E-state index contributed by atoms with van der Waals surface area (Å²) in [5.41, 5.74) is 1.75. The van der Waals surface area contributed by atoms with Gasteiger partial charge in [0, 0.05) is 13.1 Å². The Kier molecular flexibility index (Phi) is 5.64. The Morgan fingerprint density at radius 2 is 1.97 bits per heavy atom. The smallest absolute Gasteiger partial charge is 0.338 e. The first-order valence-electron chi connectivity index (χ1n) is 9.15. The molecule has 0 amide bonds. The van der Waals surface area contributed by atoms with E-state index in [1.165, 1.54) is 27.8 Å². The molecule has 2 heterocycles. The van der Waals surface area contributed by atoms with Gasteiger partial charge in [-0.1, -0.05) is 18.2 Å². The maximum absolute atomic E-state index is 12.9. The molecule has 0 radical (unpaired) electrons. The van der Waals surface area contributed by atoms with Crippen molar-refractivity contribution < 1.29 is 22.7 Å². The molecular weight excluding hydrogens is 412 g/mol. The summed E-state index contributed by atoms with van der Waals surface area (Å²) in [4.78, 5) is 17.2. The molecule has 9 heteroatoms. The normalized spacial score (nSPS) is 15.5. The SMILES string of the molecule is Cc1ccc(S(=O)(=O)N2CCOCC2)cc1C(=O)OCc1nc2ccccc2s1. The van der Waals surface area contributed by atoms with Crippen LogP contribution in [-0.2, 0) is 26.1 Å². The van der Waals surface area contributed by atoms with E-state index >= 15 is 0 Å². The van der Waals surface area contributed by atoms with Gasteiger partial charge in [0.05, 0.1) is 33.9 Å². The summed E-state index contributed by atoms with van der Waals surface area (Å²) < 4.78 is 38.8. The molecule has 0 aliphatic carbocycles. The Bertz CT molecular complexity index is 1120. The molecule has 1 aromatic heterocycles. The summed E-state index contributed by atoms with van der Waals surface area (Å²) in [6.07, 6.45) is 0. The van der Waals surface area contributed by atoms with Gasteiger partial charge in [0.2, 0.25) is 10.0 Å². The van der Waals surface area contributed by atoms with Crippen LogP contribution in [0.25, 0.3) is 10.2 Å². The third kappa shape index (κ3) is 4.18. The van der Waals surface area contributed by atoms with Gasteiger partial charge < -0.3 is 9.47 Å². The third-order valence-electron chi connectivity index (χ3n) is 4.70. The number of aryl methyl sites for hydroxylation is 1. The van der Waals surface area contributed by atoms with E-state index in [2.05, 4.69) is 4.98 Å². The van der Waals surface area contributed by atoms with E-state index < -0.39 is 16.0 Å². The van der Waals surface area contributed by atoms with Crippen molar-refractivity contribution in [3.05, 3.63) is 58.6 Å². The molecule has 3 aromatic rings. The summed E-state index contributed by atoms with van der Waals surface area (Å²) in [7, 11) is -3.68. The van der Waals surface area contributed by atoms with Crippen molar-refractivity contribution in [3.63, 3.8) is 0 Å². The number of fused-ring (bicyclic) bond motifs is 1. The van der Waals surface area contributed by atoms with Gasteiger partial charge in [-0.05, 0) is 36.8 Å². The molecule has 0 N–H and O–H groups in total. The number of rotatable bonds is 5. The van der Waals surface area contributed by atoms with Gasteiger partial charge in [0.25, 0.3) is 0 Å². The number of aromatic nitrogens is 1. The zero-order chi connectivity index (χ0) is 20.4. The first kappa shape index (κ1) is 20.0. The largest absolute Gasteiger partial charge is 0.455 e. The van der Waals surface area contributed by atoms with Crippen molar-refractivity contribution in [2.24, 2.45) is 0 Å². The zero-order valence-corrected chi connectivity index (χ0v) is 17.5. The van der Waals surface area contributed by atoms with Gasteiger partial charge >= 0.3 is 5.97 Å². The molecule has 0 saturated carbocycles. The molecule has 152 valence electrons. The molecular formula is C20H20N2O5S2. The van der Waals surface area contributed by atoms with Crippen LogP contribution >= 0.6 is 11.3 Å². The highest BCUT2D eigenvalue weighted by molar-refractivity contribution is 7.89. The number of carbonyl (C=O) groups excluding carboxylic acids is 1. The standard InChI is InChI=1S/C20H20N2O5S2/c1-14-6-7-15(29(24,25)22-8-10-26-11-9-22)12-16(14)20(23)27-13-19-21-17-4-2-3-5-18(17)28-19/h2-7,12H,8-11,13H2,1H3. The molecule has 1 saturated heterocycles. The zero-order valence-electron chi connectivity index (χ0n) is 15.8. The number of carbonyl (C=O) groups is 1. The van der Waals surface area contributed by atoms with Crippen molar-refractivity contribution in [1.82, 2.24) is 9.29 Å². The lowest BCUT2D eigenvalue weighted by molar-refractivity contribution is 0.0471. The Balaban J connectivity index is 1.52. The second-order valence-electron chi connectivity index (χ2n) is 6.64. The third-order valence-corrected chi connectivity index (χ3v) is 7.61. The quantitative estimate of drug-likeness (QED) is 0.576. The minimum absolute atomic E-state index is 0.0397. The van der Waals surface area contributed by atoms with E-state index in [0.29, 0.717) is 36.9 Å². The number of esters is 1. The van der Waals surface area contributed by atoms with Crippen LogP contribution in [0.3, 0.4) is 0 Å². The van der Waals surface area contributed by atoms with E-state index in [1.54, 1.807) is 13.0 Å². The van der Waals surface area contributed by atoms with Crippen molar-refractivity contribution >= 4 is 37.5 Å². The predicted octanol–water partition coefficient (Wildman–Crippen LogP) is 2.98. The Hall–Kier alpha value is -2.33. The number of hydrogen-bond donors (Lipinski definition) is 0. The molecule has 0 atom stereocenters. The molecule has 7 nitrogen and oxygen atoms in total. The van der Waals surface area contributed by atoms with Crippen LogP contribution in [0.5, 0.6) is 0 Å². The average molecular weight is 433 g/mol. The van der Waals surface area contributed by atoms with Crippen molar-refractivity contribution in [1.29, 1.82) is 0 Å². The van der Waals surface area contributed by atoms with Gasteiger partial charge in [-0.3, -0.25) is 0 Å². The molecule has 4 rings (SSSR count). The molecule has 2 aromatic carbocycles. The number of hydrogen-bond acceptors (Lipinski definition) is 7. The topological polar surface area (TPSA) is 85.8 Å². The van der Waals surface area contributed by atoms with E-state index in [1.807, 2.05) is 24.3 Å². The van der Waals surface area contributed by atoms with Crippen LogP contribution in [0.15, 0.2) is 47.4 Å². The van der Waals surface area contributed by atoms with E-state index in [-0.39, 0.29) is 17.1 Å². The second kappa shape index (κ2) is 8.19. The highest BCUT2D eigenvalue weighted by atomic mass is 32.2. The van der Waals surface area contributed by atoms with E-state index in [9.17, 15) is 13.2 Å². The second-order valence-corrected chi connectivity index (χ2v) is 9.70. The number of ether oxygens (including phenoxy) is 2. The number of para-hydroxylation sites is 1. The Labute approximate surface area is 172 Å². The van der Waals surface area contributed by atoms with Crippen LogP contribution in [0.4, 0.5) is 0 Å². The van der Waals surface area contributed by atoms with Crippen LogP contribution in [-0.4, -0.2) is 50.0 Å². The van der Waals surface area contributed by atoms with Gasteiger partial charge in [0.1, 0.15) is 11.6 Å². The maximum atomic E-state index is 12.9. The fraction of sp³-hybridized carbons (Fsp3) is 0.300. The van der Waals surface area contributed by atoms with E-state index in [0.717, 1.165) is 10.2 Å². The molecule has 0 spiro atoms. The van der Waals surface area contributed by atoms with Crippen molar-refractivity contribution in [3.8, 4) is 0 Å². The number of morpholine rings is 1. The van der Waals surface area contributed by atoms with Crippen LogP contribution in [0.2, 0.25) is 0 Å². The number of thiazole rings is 1. The predicted molar refractivity (Wildman–Crippen MR) is 109 cm³/mol. The highest BCUT2D eigenvalue weighted by Crippen LogP contribution is 2.24. The lowest BCUT2D eigenvalue weighted by atomic mass is 10.1. The van der Waals surface area contributed by atoms with Crippen LogP contribution in [0.1, 0.15) is 20.9 Å². The highest BCUT2D eigenvalue weighted by Gasteiger charge is 2.27. The average Bonchev–Trinajstić information content (AvgIpc) is 3.16. The first-order chi connectivity index (χ1) is 13.9. The molecule has 0 bridgehead atoms. The summed E-state index contributed by atoms with van der Waals surface area (Å²) in [5, 5.41) is 0.689. The van der Waals surface area contributed by atoms with Gasteiger partial charge in [-0.15, -0.1) is 11.3 Å². The van der Waals surface area contributed by atoms with Gasteiger partial charge in [-0.25, -0.2) is 18.2 Å². The minimum atomic E-state index is -3.68. The maximum Gasteiger partial charge on any atom is 0.338 e. The van der Waals surface area contributed by atoms with Crippen LogP contribution < -0.4 is 0 Å². The summed E-state index contributed by atoms with van der Waals surface area (Å²) in [6.45, 7) is 3.11. The molecule has 0 unspecified atom stereocenters. The van der Waals surface area contributed by atoms with Crippen molar-refractivity contribution in [2.75, 3.05) is 26.3 Å². The molecule has 1 aliphatic rings. The Morgan fingerprint density at radius 3 is 2.72 bits per heavy atom. The number of nitrogens with zero attached hydrogens (tertiary/aromatic N) is 2. The minimum Gasteiger partial charge on any atom is -0.455 e. The summed E-state index contributed by atoms with van der Waals surface area (Å²) >= 11 is 1.46. The fourth-order valence-corrected chi connectivity index (χ4v) is 5.42. The molecule has 1 aliphatic heterocycles. The summed E-state index contributed by atoms with van der Waals surface area (Å²) in [6, 6.07) is 12.2. The summed E-state index contributed by atoms with van der Waals surface area (Å²) in [5.74, 6) is -0.569. The van der Waals surface area contributed by atoms with E-state index in [4.69, 9.17) is 9.47 Å². The van der Waals surface area contributed by atoms with Gasteiger partial charge in [0.15, 0.2) is 0 Å². The number of benzene rings is 2. The first-order valence-corrected chi connectivity index (χ1v) is 11.4. The fourth-order valence-electron chi connectivity index (χ4n) is 3.10. The lowest BCUT2D eigenvalue weighted by Gasteiger charge is -2.26. The lowest BCUT2D eigenvalue weighted by Crippen LogP contribution is -2.40. The molecule has 1 fully saturated rings. The van der Waals surface area contributed by atoms with Crippen molar-refractivity contribution in [2.45, 2.75) is 18.4 Å². The monoisotopic (exact) mass is 432 g/mol. The Morgan fingerprint density at radius 1 is 1.21 bits per heavy atom.